The minimum atomic E-state index is -0.528. The van der Waals surface area contributed by atoms with E-state index in [1.807, 2.05) is 36.4 Å². The third-order valence-electron chi connectivity index (χ3n) is 2.44. The summed E-state index contributed by atoms with van der Waals surface area (Å²) in [6.45, 7) is 1.61. The maximum absolute atomic E-state index is 11.1. The summed E-state index contributed by atoms with van der Waals surface area (Å²) < 4.78 is 0. The third-order valence-corrected chi connectivity index (χ3v) is 2.44. The summed E-state index contributed by atoms with van der Waals surface area (Å²) in [4.78, 5) is 15.5. The highest BCUT2D eigenvalue weighted by Crippen LogP contribution is 2.13. The molecule has 86 valence electrons. The van der Waals surface area contributed by atoms with Gasteiger partial charge in [-0.3, -0.25) is 10.0 Å². The molecule has 0 atom stereocenters. The summed E-state index contributed by atoms with van der Waals surface area (Å²) in [7, 11) is 0. The van der Waals surface area contributed by atoms with E-state index >= 15 is 0 Å². The number of amides is 1. The Morgan fingerprint density at radius 3 is 2.82 bits per heavy atom. The Labute approximate surface area is 98.6 Å². The number of pyridine rings is 1. The van der Waals surface area contributed by atoms with E-state index in [0.717, 1.165) is 10.9 Å². The van der Waals surface area contributed by atoms with Crippen molar-refractivity contribution in [1.82, 2.24) is 10.5 Å². The fourth-order valence-corrected chi connectivity index (χ4v) is 1.54. The molecule has 0 saturated heterocycles. The zero-order valence-corrected chi connectivity index (χ0v) is 9.34. The van der Waals surface area contributed by atoms with Crippen molar-refractivity contribution in [2.45, 2.75) is 6.92 Å². The van der Waals surface area contributed by atoms with E-state index in [4.69, 9.17) is 5.21 Å². The molecule has 0 aliphatic rings. The smallest absolute Gasteiger partial charge is 0.270 e. The zero-order chi connectivity index (χ0) is 12.3. The molecule has 2 N–H and O–H groups in total. The van der Waals surface area contributed by atoms with Gasteiger partial charge in [0, 0.05) is 11.0 Å². The van der Waals surface area contributed by atoms with Crippen LogP contribution in [-0.2, 0) is 4.79 Å². The number of nitrogens with zero attached hydrogens (tertiary/aromatic N) is 1. The average Bonchev–Trinajstić information content (AvgIpc) is 2.37. The third kappa shape index (κ3) is 2.49. The Morgan fingerprint density at radius 2 is 2.06 bits per heavy atom. The molecule has 4 heteroatoms. The monoisotopic (exact) mass is 228 g/mol. The second-order valence-corrected chi connectivity index (χ2v) is 3.70. The van der Waals surface area contributed by atoms with Crippen LogP contribution in [0.2, 0.25) is 0 Å². The molecule has 0 unspecified atom stereocenters. The van der Waals surface area contributed by atoms with E-state index in [9.17, 15) is 4.79 Å². The molecule has 0 saturated carbocycles. The van der Waals surface area contributed by atoms with E-state index in [2.05, 4.69) is 4.98 Å². The molecule has 1 heterocycles. The van der Waals surface area contributed by atoms with Crippen molar-refractivity contribution < 1.29 is 10.0 Å². The normalized spacial score (nSPS) is 11.5. The number of aromatic nitrogens is 1. The molecule has 0 aliphatic heterocycles. The van der Waals surface area contributed by atoms with Gasteiger partial charge in [-0.1, -0.05) is 24.3 Å². The van der Waals surface area contributed by atoms with Gasteiger partial charge in [-0.15, -0.1) is 0 Å². The van der Waals surface area contributed by atoms with Gasteiger partial charge in [0.1, 0.15) is 0 Å². The average molecular weight is 228 g/mol. The number of nitrogens with one attached hydrogen (secondary N) is 1. The first-order chi connectivity index (χ1) is 8.20. The molecule has 0 bridgehead atoms. The lowest BCUT2D eigenvalue weighted by atomic mass is 10.1. The van der Waals surface area contributed by atoms with Crippen LogP contribution in [0.1, 0.15) is 12.6 Å². The molecule has 0 radical (unpaired) electrons. The van der Waals surface area contributed by atoms with Crippen LogP contribution in [-0.4, -0.2) is 16.1 Å². The summed E-state index contributed by atoms with van der Waals surface area (Å²) in [5.74, 6) is -0.528. The maximum atomic E-state index is 11.1. The lowest BCUT2D eigenvalue weighted by Crippen LogP contribution is -2.19. The molecule has 0 aliphatic carbocycles. The highest BCUT2D eigenvalue weighted by molar-refractivity contribution is 5.96. The number of hydrogen-bond donors (Lipinski definition) is 2. The molecule has 4 nitrogen and oxygen atoms in total. The molecule has 1 aromatic carbocycles. The molecule has 0 spiro atoms. The Morgan fingerprint density at radius 1 is 1.29 bits per heavy atom. The fourth-order valence-electron chi connectivity index (χ4n) is 1.54. The number of hydrogen-bond acceptors (Lipinski definition) is 3. The molecule has 1 amide bonds. The van der Waals surface area contributed by atoms with Crippen molar-refractivity contribution in [3.63, 3.8) is 0 Å². The highest BCUT2D eigenvalue weighted by Gasteiger charge is 2.02. The Bertz CT molecular complexity index is 591. The fraction of sp³-hybridized carbons (Fsp3) is 0.0769. The summed E-state index contributed by atoms with van der Waals surface area (Å²) in [5, 5.41) is 9.54. The molecule has 0 fully saturated rings. The summed E-state index contributed by atoms with van der Waals surface area (Å²) in [5.41, 5.74) is 3.54. The van der Waals surface area contributed by atoms with Gasteiger partial charge < -0.3 is 0 Å². The van der Waals surface area contributed by atoms with E-state index in [1.54, 1.807) is 18.5 Å². The quantitative estimate of drug-likeness (QED) is 0.470. The van der Waals surface area contributed by atoms with E-state index in [1.165, 1.54) is 0 Å². The van der Waals surface area contributed by atoms with E-state index in [-0.39, 0.29) is 0 Å². The summed E-state index contributed by atoms with van der Waals surface area (Å²) >= 11 is 0. The zero-order valence-electron chi connectivity index (χ0n) is 9.34. The Hall–Kier alpha value is -2.20. The SMILES string of the molecule is CC(=Cc1ccc2ccccc2n1)C(=O)NO. The molecular weight excluding hydrogens is 216 g/mol. The molecule has 17 heavy (non-hydrogen) atoms. The van der Waals surface area contributed by atoms with Crippen LogP contribution in [0.25, 0.3) is 17.0 Å². The van der Waals surface area contributed by atoms with Gasteiger partial charge in [-0.05, 0) is 25.1 Å². The van der Waals surface area contributed by atoms with Crippen molar-refractivity contribution in [3.8, 4) is 0 Å². The predicted octanol–water partition coefficient (Wildman–Crippen LogP) is 2.14. The van der Waals surface area contributed by atoms with E-state index in [0.29, 0.717) is 11.3 Å². The Balaban J connectivity index is 2.40. The number of rotatable bonds is 2. The van der Waals surface area contributed by atoms with Crippen LogP contribution in [0.4, 0.5) is 0 Å². The van der Waals surface area contributed by atoms with Gasteiger partial charge in [0.2, 0.25) is 0 Å². The maximum Gasteiger partial charge on any atom is 0.270 e. The van der Waals surface area contributed by atoms with Gasteiger partial charge in [0.25, 0.3) is 5.91 Å². The second kappa shape index (κ2) is 4.76. The first kappa shape index (κ1) is 11.3. The van der Waals surface area contributed by atoms with Crippen LogP contribution in [0.5, 0.6) is 0 Å². The topological polar surface area (TPSA) is 62.2 Å². The lowest BCUT2D eigenvalue weighted by molar-refractivity contribution is -0.125. The molecule has 1 aromatic heterocycles. The van der Waals surface area contributed by atoms with Crippen molar-refractivity contribution in [2.75, 3.05) is 0 Å². The number of fused-ring (bicyclic) bond motifs is 1. The number of carbonyl (C=O) groups excluding carboxylic acids is 1. The molecule has 2 rings (SSSR count). The first-order valence-corrected chi connectivity index (χ1v) is 5.19. The number of carbonyl (C=O) groups is 1. The lowest BCUT2D eigenvalue weighted by Gasteiger charge is -2.00. The van der Waals surface area contributed by atoms with Gasteiger partial charge >= 0.3 is 0 Å². The van der Waals surface area contributed by atoms with Crippen LogP contribution >= 0.6 is 0 Å². The van der Waals surface area contributed by atoms with Crippen LogP contribution in [0.3, 0.4) is 0 Å². The predicted molar refractivity (Wildman–Crippen MR) is 65.3 cm³/mol. The van der Waals surface area contributed by atoms with Crippen molar-refractivity contribution >= 4 is 22.9 Å². The minimum absolute atomic E-state index is 0.398. The largest absolute Gasteiger partial charge is 0.288 e. The van der Waals surface area contributed by atoms with Gasteiger partial charge in [-0.2, -0.15) is 0 Å². The molecular formula is C13H12N2O2. The van der Waals surface area contributed by atoms with Gasteiger partial charge in [0.15, 0.2) is 0 Å². The number of hydroxylamine groups is 1. The van der Waals surface area contributed by atoms with Crippen molar-refractivity contribution in [2.24, 2.45) is 0 Å². The van der Waals surface area contributed by atoms with Crippen LogP contribution < -0.4 is 5.48 Å². The van der Waals surface area contributed by atoms with Crippen LogP contribution in [0, 0.1) is 0 Å². The molecule has 2 aromatic rings. The van der Waals surface area contributed by atoms with Gasteiger partial charge in [0.05, 0.1) is 11.2 Å². The van der Waals surface area contributed by atoms with E-state index < -0.39 is 5.91 Å². The van der Waals surface area contributed by atoms with Crippen molar-refractivity contribution in [3.05, 3.63) is 47.7 Å². The highest BCUT2D eigenvalue weighted by atomic mass is 16.5. The van der Waals surface area contributed by atoms with Crippen molar-refractivity contribution in [1.29, 1.82) is 0 Å². The van der Waals surface area contributed by atoms with Crippen LogP contribution in [0.15, 0.2) is 42.0 Å². The minimum Gasteiger partial charge on any atom is -0.288 e. The number of benzene rings is 1. The summed E-state index contributed by atoms with van der Waals surface area (Å²) in [6, 6.07) is 11.5. The van der Waals surface area contributed by atoms with Gasteiger partial charge in [-0.25, -0.2) is 10.5 Å². The second-order valence-electron chi connectivity index (χ2n) is 3.70. The summed E-state index contributed by atoms with van der Waals surface area (Å²) in [6.07, 6.45) is 1.62. The first-order valence-electron chi connectivity index (χ1n) is 5.19. The Kier molecular flexibility index (Phi) is 3.16. The number of para-hydroxylation sites is 1. The standard InChI is InChI=1S/C13H12N2O2/c1-9(13(16)15-17)8-11-7-6-10-4-2-3-5-12(10)14-11/h2-8,17H,1H3,(H,15,16).